The zero-order chi connectivity index (χ0) is 18.9. The Hall–Kier alpha value is -2.44. The Kier molecular flexibility index (Phi) is 4.85. The molecule has 138 valence electrons. The lowest BCUT2D eigenvalue weighted by atomic mass is 9.71. The highest BCUT2D eigenvalue weighted by Gasteiger charge is 2.47. The Morgan fingerprint density at radius 1 is 1.15 bits per heavy atom. The second kappa shape index (κ2) is 7.29. The summed E-state index contributed by atoms with van der Waals surface area (Å²) in [5.74, 6) is 0.276. The van der Waals surface area contributed by atoms with E-state index in [-0.39, 0.29) is 11.3 Å². The molecule has 0 saturated carbocycles. The average Bonchev–Trinajstić information content (AvgIpc) is 2.71. The van der Waals surface area contributed by atoms with Crippen molar-refractivity contribution in [1.82, 2.24) is 4.90 Å². The highest BCUT2D eigenvalue weighted by molar-refractivity contribution is 6.05. The van der Waals surface area contributed by atoms with Gasteiger partial charge in [-0.25, -0.2) is 0 Å². The normalized spacial score (nSPS) is 22.4. The van der Waals surface area contributed by atoms with Crippen molar-refractivity contribution < 1.29 is 4.79 Å². The van der Waals surface area contributed by atoms with Crippen molar-refractivity contribution in [3.63, 3.8) is 0 Å². The molecule has 27 heavy (non-hydrogen) atoms. The fourth-order valence-corrected chi connectivity index (χ4v) is 4.90. The van der Waals surface area contributed by atoms with E-state index >= 15 is 0 Å². The predicted octanol–water partition coefficient (Wildman–Crippen LogP) is 4.46. The number of piperidine rings is 1. The zero-order valence-corrected chi connectivity index (χ0v) is 16.0. The fourth-order valence-electron chi connectivity index (χ4n) is 4.90. The SMILES string of the molecule is Cc1ccccc1CCN1CCCCC12CCc1cc(C#N)ccc1C2=O. The van der Waals surface area contributed by atoms with Gasteiger partial charge in [-0.1, -0.05) is 24.3 Å². The number of carbonyl (C=O) groups excluding carboxylic acids is 1. The number of likely N-dealkylation sites (tertiary alicyclic amines) is 1. The number of rotatable bonds is 3. The Bertz CT molecular complexity index is 911. The largest absolute Gasteiger partial charge is 0.292 e. The number of Topliss-reactive ketones (excluding diaryl/α,β-unsaturated/α-hetero) is 1. The van der Waals surface area contributed by atoms with Gasteiger partial charge >= 0.3 is 0 Å². The van der Waals surface area contributed by atoms with Gasteiger partial charge in [0.15, 0.2) is 5.78 Å². The number of nitrogens with zero attached hydrogens (tertiary/aromatic N) is 2. The summed E-state index contributed by atoms with van der Waals surface area (Å²) in [7, 11) is 0. The molecule has 0 bridgehead atoms. The van der Waals surface area contributed by atoms with E-state index in [1.807, 2.05) is 12.1 Å². The molecule has 1 aliphatic carbocycles. The molecule has 0 radical (unpaired) electrons. The van der Waals surface area contributed by atoms with Gasteiger partial charge in [0, 0.05) is 12.1 Å². The van der Waals surface area contributed by atoms with Crippen molar-refractivity contribution in [2.24, 2.45) is 0 Å². The molecule has 1 atom stereocenters. The molecule has 1 spiro atoms. The van der Waals surface area contributed by atoms with Crippen molar-refractivity contribution in [2.45, 2.75) is 51.0 Å². The third kappa shape index (κ3) is 3.19. The highest BCUT2D eigenvalue weighted by Crippen LogP contribution is 2.40. The highest BCUT2D eigenvalue weighted by atomic mass is 16.1. The van der Waals surface area contributed by atoms with Crippen LogP contribution < -0.4 is 0 Å². The smallest absolute Gasteiger partial charge is 0.183 e. The van der Waals surface area contributed by atoms with Gasteiger partial charge in [0.05, 0.1) is 17.2 Å². The first-order chi connectivity index (χ1) is 13.1. The second-order valence-electron chi connectivity index (χ2n) is 7.97. The zero-order valence-electron chi connectivity index (χ0n) is 16.0. The number of hydrogen-bond donors (Lipinski definition) is 0. The van der Waals surface area contributed by atoms with Gasteiger partial charge < -0.3 is 0 Å². The number of benzene rings is 2. The van der Waals surface area contributed by atoms with Crippen LogP contribution in [0, 0.1) is 18.3 Å². The number of aryl methyl sites for hydroxylation is 2. The summed E-state index contributed by atoms with van der Waals surface area (Å²) >= 11 is 0. The molecule has 1 aliphatic heterocycles. The number of fused-ring (bicyclic) bond motifs is 1. The third-order valence-corrected chi connectivity index (χ3v) is 6.50. The average molecular weight is 358 g/mol. The molecule has 0 N–H and O–H groups in total. The molecule has 1 saturated heterocycles. The first-order valence-electron chi connectivity index (χ1n) is 10.0. The van der Waals surface area contributed by atoms with E-state index in [9.17, 15) is 4.79 Å². The lowest BCUT2D eigenvalue weighted by Gasteiger charge is -2.48. The maximum Gasteiger partial charge on any atom is 0.183 e. The predicted molar refractivity (Wildman–Crippen MR) is 107 cm³/mol. The van der Waals surface area contributed by atoms with E-state index in [2.05, 4.69) is 42.2 Å². The minimum absolute atomic E-state index is 0.276. The third-order valence-electron chi connectivity index (χ3n) is 6.50. The van der Waals surface area contributed by atoms with Crippen LogP contribution in [-0.2, 0) is 12.8 Å². The molecule has 0 amide bonds. The van der Waals surface area contributed by atoms with Crippen molar-refractivity contribution in [2.75, 3.05) is 13.1 Å². The standard InChI is InChI=1S/C24H26N2O/c1-18-6-2-3-7-20(18)11-15-26-14-5-4-12-24(26)13-10-21-16-19(17-25)8-9-22(21)23(24)27/h2-3,6-9,16H,4-5,10-15H2,1H3. The summed E-state index contributed by atoms with van der Waals surface area (Å²) in [6.07, 6.45) is 6.00. The lowest BCUT2D eigenvalue weighted by molar-refractivity contribution is 0.0298. The van der Waals surface area contributed by atoms with Crippen LogP contribution in [0.4, 0.5) is 0 Å². The molecule has 1 fully saturated rings. The molecule has 0 aromatic heterocycles. The monoisotopic (exact) mass is 358 g/mol. The quantitative estimate of drug-likeness (QED) is 0.813. The molecule has 1 unspecified atom stereocenters. The second-order valence-corrected chi connectivity index (χ2v) is 7.97. The minimum Gasteiger partial charge on any atom is -0.292 e. The fraction of sp³-hybridized carbons (Fsp3) is 0.417. The van der Waals surface area contributed by atoms with E-state index in [4.69, 9.17) is 5.26 Å². The van der Waals surface area contributed by atoms with E-state index < -0.39 is 0 Å². The molecule has 3 heteroatoms. The van der Waals surface area contributed by atoms with Gasteiger partial charge in [0.25, 0.3) is 0 Å². The van der Waals surface area contributed by atoms with Gasteiger partial charge in [-0.05, 0) is 86.9 Å². The van der Waals surface area contributed by atoms with Crippen LogP contribution >= 0.6 is 0 Å². The number of carbonyl (C=O) groups is 1. The van der Waals surface area contributed by atoms with Gasteiger partial charge in [-0.2, -0.15) is 5.26 Å². The van der Waals surface area contributed by atoms with Crippen LogP contribution in [0.1, 0.15) is 58.3 Å². The number of nitriles is 1. The summed E-state index contributed by atoms with van der Waals surface area (Å²) in [6, 6.07) is 16.3. The summed E-state index contributed by atoms with van der Waals surface area (Å²) < 4.78 is 0. The van der Waals surface area contributed by atoms with Crippen LogP contribution in [0.15, 0.2) is 42.5 Å². The summed E-state index contributed by atoms with van der Waals surface area (Å²) in [5.41, 5.74) is 4.89. The van der Waals surface area contributed by atoms with Crippen LogP contribution in [-0.4, -0.2) is 29.3 Å². The lowest BCUT2D eigenvalue weighted by Crippen LogP contribution is -2.59. The van der Waals surface area contributed by atoms with E-state index in [1.54, 1.807) is 6.07 Å². The molecule has 3 nitrogen and oxygen atoms in total. The maximum absolute atomic E-state index is 13.6. The van der Waals surface area contributed by atoms with Gasteiger partial charge in [-0.15, -0.1) is 0 Å². The van der Waals surface area contributed by atoms with E-state index in [0.29, 0.717) is 5.56 Å². The first-order valence-corrected chi connectivity index (χ1v) is 10.0. The van der Waals surface area contributed by atoms with Crippen LogP contribution in [0.5, 0.6) is 0 Å². The topological polar surface area (TPSA) is 44.1 Å². The van der Waals surface area contributed by atoms with Crippen molar-refractivity contribution in [1.29, 1.82) is 5.26 Å². The van der Waals surface area contributed by atoms with Gasteiger partial charge in [0.2, 0.25) is 0 Å². The Labute approximate surface area is 161 Å². The van der Waals surface area contributed by atoms with Crippen LogP contribution in [0.2, 0.25) is 0 Å². The molecule has 1 heterocycles. The summed E-state index contributed by atoms with van der Waals surface area (Å²) in [4.78, 5) is 16.0. The summed E-state index contributed by atoms with van der Waals surface area (Å²) in [5, 5.41) is 9.15. The van der Waals surface area contributed by atoms with E-state index in [1.165, 1.54) is 17.5 Å². The first kappa shape index (κ1) is 17.9. The van der Waals surface area contributed by atoms with Crippen molar-refractivity contribution in [3.05, 3.63) is 70.3 Å². The summed E-state index contributed by atoms with van der Waals surface area (Å²) in [6.45, 7) is 4.10. The molecular weight excluding hydrogens is 332 g/mol. The molecule has 2 aliphatic rings. The molecule has 4 rings (SSSR count). The van der Waals surface area contributed by atoms with Gasteiger partial charge in [0.1, 0.15) is 0 Å². The molecular formula is C24H26N2O. The number of ketones is 1. The molecule has 2 aromatic carbocycles. The van der Waals surface area contributed by atoms with Gasteiger partial charge in [-0.3, -0.25) is 9.69 Å². The Morgan fingerprint density at radius 3 is 2.81 bits per heavy atom. The minimum atomic E-state index is -0.345. The van der Waals surface area contributed by atoms with Crippen LogP contribution in [0.25, 0.3) is 0 Å². The van der Waals surface area contributed by atoms with Crippen molar-refractivity contribution >= 4 is 5.78 Å². The Morgan fingerprint density at radius 2 is 2.00 bits per heavy atom. The Balaban J connectivity index is 1.60. The molecule has 2 aromatic rings. The van der Waals surface area contributed by atoms with Crippen LogP contribution in [0.3, 0.4) is 0 Å². The number of hydrogen-bond acceptors (Lipinski definition) is 3. The van der Waals surface area contributed by atoms with Crippen molar-refractivity contribution in [3.8, 4) is 6.07 Å². The van der Waals surface area contributed by atoms with E-state index in [0.717, 1.165) is 56.3 Å². The maximum atomic E-state index is 13.6.